The molecule has 0 spiro atoms. The van der Waals surface area contributed by atoms with Crippen molar-refractivity contribution in [3.63, 3.8) is 0 Å². The van der Waals surface area contributed by atoms with Crippen molar-refractivity contribution in [1.29, 1.82) is 0 Å². The molecule has 0 unspecified atom stereocenters. The van der Waals surface area contributed by atoms with Crippen molar-refractivity contribution in [2.75, 3.05) is 23.7 Å². The van der Waals surface area contributed by atoms with Crippen molar-refractivity contribution in [3.8, 4) is 0 Å². The van der Waals surface area contributed by atoms with Crippen LogP contribution in [0.5, 0.6) is 0 Å². The van der Waals surface area contributed by atoms with Gasteiger partial charge in [-0.1, -0.05) is 41.5 Å². The van der Waals surface area contributed by atoms with E-state index in [1.807, 2.05) is 20.8 Å². The molecule has 0 aliphatic heterocycles. The maximum absolute atomic E-state index is 4.38. The summed E-state index contributed by atoms with van der Waals surface area (Å²) in [6.07, 6.45) is 2.22. The number of nitrogens with zero attached hydrogens (tertiary/aromatic N) is 3. The molecule has 5 nitrogen and oxygen atoms in total. The molecule has 122 valence electrons. The van der Waals surface area contributed by atoms with E-state index in [1.54, 1.807) is 0 Å². The second kappa shape index (κ2) is 11.3. The Kier molecular flexibility index (Phi) is 10.5. The number of aromatic nitrogens is 3. The number of aryl methyl sites for hydroxylation is 1. The van der Waals surface area contributed by atoms with E-state index >= 15 is 0 Å². The van der Waals surface area contributed by atoms with Crippen molar-refractivity contribution in [2.24, 2.45) is 11.8 Å². The molecule has 0 aromatic carbocycles. The summed E-state index contributed by atoms with van der Waals surface area (Å²) < 4.78 is 0. The van der Waals surface area contributed by atoms with E-state index in [0.717, 1.165) is 31.8 Å². The first-order valence-electron chi connectivity index (χ1n) is 8.17. The highest BCUT2D eigenvalue weighted by atomic mass is 15.2. The van der Waals surface area contributed by atoms with E-state index in [-0.39, 0.29) is 0 Å². The van der Waals surface area contributed by atoms with Crippen LogP contribution in [0.2, 0.25) is 0 Å². The molecule has 0 aliphatic carbocycles. The predicted molar refractivity (Wildman–Crippen MR) is 91.8 cm³/mol. The fraction of sp³-hybridized carbons (Fsp3) is 0.812. The molecule has 1 aromatic rings. The topological polar surface area (TPSA) is 62.7 Å². The molecule has 0 amide bonds. The van der Waals surface area contributed by atoms with Gasteiger partial charge in [-0.25, -0.2) is 0 Å². The second-order valence-electron chi connectivity index (χ2n) is 5.75. The van der Waals surface area contributed by atoms with E-state index in [1.165, 1.54) is 0 Å². The second-order valence-corrected chi connectivity index (χ2v) is 5.75. The number of hydrogen-bond acceptors (Lipinski definition) is 5. The van der Waals surface area contributed by atoms with E-state index < -0.39 is 0 Å². The first-order chi connectivity index (χ1) is 9.97. The van der Waals surface area contributed by atoms with Gasteiger partial charge in [-0.05, 0) is 31.6 Å². The van der Waals surface area contributed by atoms with Gasteiger partial charge in [0.2, 0.25) is 11.9 Å². The number of hydrogen-bond donors (Lipinski definition) is 2. The molecular formula is C16H33N5. The quantitative estimate of drug-likeness (QED) is 0.755. The molecule has 21 heavy (non-hydrogen) atoms. The number of rotatable bonds is 8. The van der Waals surface area contributed by atoms with E-state index in [9.17, 15) is 0 Å². The third-order valence-electron chi connectivity index (χ3n) is 2.76. The Labute approximate surface area is 130 Å². The molecule has 0 bridgehead atoms. The van der Waals surface area contributed by atoms with Crippen molar-refractivity contribution in [3.05, 3.63) is 5.82 Å². The minimum atomic E-state index is 0.667. The standard InChI is InChI=1S/C14H27N5.C2H6/c1-10(2)6-8-15-13-17-12(5)18-14(19-13)16-9-7-11(3)4;1-2/h10-11H,6-9H2,1-5H3,(H2,15,16,17,18,19);1-2H3. The minimum absolute atomic E-state index is 0.667. The van der Waals surface area contributed by atoms with Gasteiger partial charge in [-0.3, -0.25) is 0 Å². The lowest BCUT2D eigenvalue weighted by Gasteiger charge is -2.10. The summed E-state index contributed by atoms with van der Waals surface area (Å²) in [4.78, 5) is 13.0. The Morgan fingerprint density at radius 3 is 1.48 bits per heavy atom. The fourth-order valence-corrected chi connectivity index (χ4v) is 1.59. The highest BCUT2D eigenvalue weighted by Gasteiger charge is 2.04. The van der Waals surface area contributed by atoms with E-state index in [4.69, 9.17) is 0 Å². The largest absolute Gasteiger partial charge is 0.354 e. The zero-order chi connectivity index (χ0) is 16.3. The van der Waals surface area contributed by atoms with Gasteiger partial charge in [-0.15, -0.1) is 0 Å². The van der Waals surface area contributed by atoms with Crippen LogP contribution in [-0.4, -0.2) is 28.0 Å². The number of anilines is 2. The Balaban J connectivity index is 0.00000191. The summed E-state index contributed by atoms with van der Waals surface area (Å²) in [5.41, 5.74) is 0. The summed E-state index contributed by atoms with van der Waals surface area (Å²) in [5, 5.41) is 6.51. The number of nitrogens with one attached hydrogen (secondary N) is 2. The zero-order valence-electron chi connectivity index (χ0n) is 14.8. The first kappa shape index (κ1) is 19.6. The normalized spacial score (nSPS) is 10.3. The highest BCUT2D eigenvalue weighted by Crippen LogP contribution is 2.07. The molecule has 1 heterocycles. The summed E-state index contributed by atoms with van der Waals surface area (Å²) in [7, 11) is 0. The van der Waals surface area contributed by atoms with Gasteiger partial charge in [0.05, 0.1) is 0 Å². The predicted octanol–water partition coefficient (Wildman–Crippen LogP) is 4.12. The maximum atomic E-state index is 4.38. The summed E-state index contributed by atoms with van der Waals surface area (Å²) >= 11 is 0. The Morgan fingerprint density at radius 2 is 1.14 bits per heavy atom. The van der Waals surface area contributed by atoms with Gasteiger partial charge in [0.15, 0.2) is 0 Å². The third kappa shape index (κ3) is 10.0. The third-order valence-corrected chi connectivity index (χ3v) is 2.76. The van der Waals surface area contributed by atoms with Crippen LogP contribution in [0.1, 0.15) is 60.2 Å². The van der Waals surface area contributed by atoms with Crippen LogP contribution in [0.25, 0.3) is 0 Å². The van der Waals surface area contributed by atoms with Gasteiger partial charge in [-0.2, -0.15) is 15.0 Å². The van der Waals surface area contributed by atoms with Crippen LogP contribution in [0, 0.1) is 18.8 Å². The van der Waals surface area contributed by atoms with Gasteiger partial charge in [0.25, 0.3) is 0 Å². The molecule has 2 N–H and O–H groups in total. The summed E-state index contributed by atoms with van der Waals surface area (Å²) in [5.74, 6) is 3.44. The molecule has 1 rings (SSSR count). The first-order valence-corrected chi connectivity index (χ1v) is 8.17. The van der Waals surface area contributed by atoms with Crippen molar-refractivity contribution in [1.82, 2.24) is 15.0 Å². The van der Waals surface area contributed by atoms with Gasteiger partial charge >= 0.3 is 0 Å². The van der Waals surface area contributed by atoms with Gasteiger partial charge < -0.3 is 10.6 Å². The molecule has 0 radical (unpaired) electrons. The van der Waals surface area contributed by atoms with Gasteiger partial charge in [0.1, 0.15) is 5.82 Å². The Morgan fingerprint density at radius 1 is 0.762 bits per heavy atom. The average molecular weight is 295 g/mol. The van der Waals surface area contributed by atoms with Crippen LogP contribution in [0.3, 0.4) is 0 Å². The Bertz CT molecular complexity index is 345. The van der Waals surface area contributed by atoms with Gasteiger partial charge in [0, 0.05) is 13.1 Å². The van der Waals surface area contributed by atoms with Crippen molar-refractivity contribution >= 4 is 11.9 Å². The molecule has 1 aromatic heterocycles. The lowest BCUT2D eigenvalue weighted by Crippen LogP contribution is -2.13. The summed E-state index contributed by atoms with van der Waals surface area (Å²) in [6, 6.07) is 0. The molecule has 0 fully saturated rings. The molecule has 0 saturated heterocycles. The Hall–Kier alpha value is -1.39. The van der Waals surface area contributed by atoms with Crippen LogP contribution in [-0.2, 0) is 0 Å². The smallest absolute Gasteiger partial charge is 0.227 e. The monoisotopic (exact) mass is 295 g/mol. The van der Waals surface area contributed by atoms with Crippen LogP contribution >= 0.6 is 0 Å². The van der Waals surface area contributed by atoms with Crippen molar-refractivity contribution in [2.45, 2.75) is 61.3 Å². The van der Waals surface area contributed by atoms with Crippen LogP contribution in [0.4, 0.5) is 11.9 Å². The minimum Gasteiger partial charge on any atom is -0.354 e. The lowest BCUT2D eigenvalue weighted by atomic mass is 10.1. The molecule has 0 aliphatic rings. The summed E-state index contributed by atoms with van der Waals surface area (Å²) in [6.45, 7) is 16.5. The highest BCUT2D eigenvalue weighted by molar-refractivity contribution is 5.34. The van der Waals surface area contributed by atoms with Crippen molar-refractivity contribution < 1.29 is 0 Å². The van der Waals surface area contributed by atoms with E-state index in [0.29, 0.717) is 23.7 Å². The van der Waals surface area contributed by atoms with Crippen LogP contribution < -0.4 is 10.6 Å². The SMILES string of the molecule is CC.Cc1nc(NCCC(C)C)nc(NCCC(C)C)n1. The molecular weight excluding hydrogens is 262 g/mol. The maximum Gasteiger partial charge on any atom is 0.227 e. The van der Waals surface area contributed by atoms with E-state index in [2.05, 4.69) is 53.3 Å². The molecule has 5 heteroatoms. The zero-order valence-corrected chi connectivity index (χ0v) is 14.8. The fourth-order valence-electron chi connectivity index (χ4n) is 1.59. The molecule has 0 atom stereocenters. The average Bonchev–Trinajstić information content (AvgIpc) is 2.39. The van der Waals surface area contributed by atoms with Crippen LogP contribution in [0.15, 0.2) is 0 Å². The molecule has 0 saturated carbocycles. The lowest BCUT2D eigenvalue weighted by molar-refractivity contribution is 0.604.